The van der Waals surface area contributed by atoms with Gasteiger partial charge in [-0.1, -0.05) is 18.2 Å². The lowest BCUT2D eigenvalue weighted by molar-refractivity contribution is -0.119. The van der Waals surface area contributed by atoms with Gasteiger partial charge in [0.15, 0.2) is 0 Å². The highest BCUT2D eigenvalue weighted by molar-refractivity contribution is 7.20. The third-order valence-electron chi connectivity index (χ3n) is 3.35. The summed E-state index contributed by atoms with van der Waals surface area (Å²) in [4.78, 5) is 24.4. The number of methoxy groups -OCH3 is 1. The van der Waals surface area contributed by atoms with Crippen LogP contribution in [0, 0.1) is 0 Å². The largest absolute Gasteiger partial charge is 0.375 e. The maximum atomic E-state index is 12.3. The van der Waals surface area contributed by atoms with E-state index in [0.717, 1.165) is 10.1 Å². The second kappa shape index (κ2) is 7.25. The van der Waals surface area contributed by atoms with Crippen LogP contribution in [-0.4, -0.2) is 25.5 Å². The average molecular weight is 340 g/mol. The molecular formula is C18H16N2O3S. The molecule has 0 aliphatic heterocycles. The van der Waals surface area contributed by atoms with Crippen molar-refractivity contribution in [1.82, 2.24) is 0 Å². The first kappa shape index (κ1) is 16.2. The number of ether oxygens (including phenoxy) is 1. The number of nitrogens with one attached hydrogen (secondary N) is 2. The van der Waals surface area contributed by atoms with E-state index in [4.69, 9.17) is 4.74 Å². The highest BCUT2D eigenvalue weighted by Gasteiger charge is 2.10. The summed E-state index contributed by atoms with van der Waals surface area (Å²) in [6, 6.07) is 16.7. The summed E-state index contributed by atoms with van der Waals surface area (Å²) in [5.74, 6) is -0.369. The van der Waals surface area contributed by atoms with Gasteiger partial charge in [-0.3, -0.25) is 9.59 Å². The summed E-state index contributed by atoms with van der Waals surface area (Å²) in [5, 5.41) is 6.62. The van der Waals surface area contributed by atoms with E-state index in [2.05, 4.69) is 10.6 Å². The fraction of sp³-hybridized carbons (Fsp3) is 0.111. The number of thiophene rings is 1. The molecule has 0 spiro atoms. The Morgan fingerprint density at radius 1 is 1.00 bits per heavy atom. The molecule has 24 heavy (non-hydrogen) atoms. The molecule has 0 saturated heterocycles. The minimum atomic E-state index is -0.223. The van der Waals surface area contributed by atoms with E-state index in [1.54, 1.807) is 24.3 Å². The Hall–Kier alpha value is -2.70. The van der Waals surface area contributed by atoms with Crippen molar-refractivity contribution in [3.8, 4) is 0 Å². The number of rotatable bonds is 5. The van der Waals surface area contributed by atoms with Gasteiger partial charge in [-0.05, 0) is 41.8 Å². The minimum Gasteiger partial charge on any atom is -0.375 e. The number of carbonyl (C=O) groups excluding carboxylic acids is 2. The molecule has 2 aromatic carbocycles. The van der Waals surface area contributed by atoms with Gasteiger partial charge in [0, 0.05) is 23.2 Å². The van der Waals surface area contributed by atoms with Gasteiger partial charge in [0.1, 0.15) is 6.61 Å². The summed E-state index contributed by atoms with van der Waals surface area (Å²) in [5.41, 5.74) is 1.32. The second-order valence-electron chi connectivity index (χ2n) is 5.16. The van der Waals surface area contributed by atoms with Gasteiger partial charge < -0.3 is 15.4 Å². The molecule has 0 aliphatic rings. The van der Waals surface area contributed by atoms with E-state index in [1.165, 1.54) is 18.4 Å². The lowest BCUT2D eigenvalue weighted by Crippen LogP contribution is -2.17. The average Bonchev–Trinajstić information content (AvgIpc) is 3.01. The molecule has 5 nitrogen and oxygen atoms in total. The fourth-order valence-corrected chi connectivity index (χ4v) is 3.21. The van der Waals surface area contributed by atoms with Crippen LogP contribution in [0.25, 0.3) is 10.1 Å². The summed E-state index contributed by atoms with van der Waals surface area (Å²) in [6.45, 7) is 0.00439. The number of anilines is 2. The zero-order chi connectivity index (χ0) is 16.9. The zero-order valence-electron chi connectivity index (χ0n) is 13.0. The molecule has 0 fully saturated rings. The summed E-state index contributed by atoms with van der Waals surface area (Å²) < 4.78 is 5.84. The van der Waals surface area contributed by atoms with Crippen LogP contribution in [-0.2, 0) is 9.53 Å². The number of hydrogen-bond acceptors (Lipinski definition) is 4. The van der Waals surface area contributed by atoms with Gasteiger partial charge in [-0.25, -0.2) is 0 Å². The van der Waals surface area contributed by atoms with Crippen LogP contribution in [0.5, 0.6) is 0 Å². The van der Waals surface area contributed by atoms with E-state index in [-0.39, 0.29) is 18.4 Å². The van der Waals surface area contributed by atoms with Gasteiger partial charge in [-0.2, -0.15) is 0 Å². The third kappa shape index (κ3) is 3.79. The Balaban J connectivity index is 1.67. The van der Waals surface area contributed by atoms with Crippen molar-refractivity contribution in [2.24, 2.45) is 0 Å². The Bertz CT molecular complexity index is 838. The SMILES string of the molecule is COCC(=O)Nc1ccc(NC(=O)c2cc3ccccc3s2)cc1. The molecular weight excluding hydrogens is 324 g/mol. The number of fused-ring (bicyclic) bond motifs is 1. The molecule has 0 aliphatic carbocycles. The van der Waals surface area contributed by atoms with E-state index in [9.17, 15) is 9.59 Å². The molecule has 2 N–H and O–H groups in total. The standard InChI is InChI=1S/C18H16N2O3S/c1-23-11-17(21)19-13-6-8-14(9-7-13)20-18(22)16-10-12-4-2-3-5-15(12)24-16/h2-10H,11H2,1H3,(H,19,21)(H,20,22). The monoisotopic (exact) mass is 340 g/mol. The zero-order valence-corrected chi connectivity index (χ0v) is 13.9. The first-order chi connectivity index (χ1) is 11.7. The van der Waals surface area contributed by atoms with Crippen molar-refractivity contribution in [3.63, 3.8) is 0 Å². The Morgan fingerprint density at radius 3 is 2.33 bits per heavy atom. The fourth-order valence-electron chi connectivity index (χ4n) is 2.25. The molecule has 0 radical (unpaired) electrons. The number of carbonyl (C=O) groups is 2. The molecule has 0 saturated carbocycles. The van der Waals surface area contributed by atoms with Crippen LogP contribution in [0.4, 0.5) is 11.4 Å². The van der Waals surface area contributed by atoms with Crippen LogP contribution in [0.3, 0.4) is 0 Å². The Kier molecular flexibility index (Phi) is 4.88. The van der Waals surface area contributed by atoms with Crippen molar-refractivity contribution in [1.29, 1.82) is 0 Å². The van der Waals surface area contributed by atoms with Crippen LogP contribution in [0.15, 0.2) is 54.6 Å². The number of amides is 2. The first-order valence-corrected chi connectivity index (χ1v) is 8.16. The molecule has 2 amide bonds. The predicted molar refractivity (Wildman–Crippen MR) is 96.7 cm³/mol. The van der Waals surface area contributed by atoms with Gasteiger partial charge >= 0.3 is 0 Å². The lowest BCUT2D eigenvalue weighted by Gasteiger charge is -2.07. The smallest absolute Gasteiger partial charge is 0.265 e. The van der Waals surface area contributed by atoms with Crippen molar-refractivity contribution >= 4 is 44.6 Å². The molecule has 3 rings (SSSR count). The van der Waals surface area contributed by atoms with Gasteiger partial charge in [-0.15, -0.1) is 11.3 Å². The third-order valence-corrected chi connectivity index (χ3v) is 4.47. The van der Waals surface area contributed by atoms with E-state index in [0.29, 0.717) is 16.3 Å². The number of hydrogen-bond donors (Lipinski definition) is 2. The molecule has 6 heteroatoms. The molecule has 0 bridgehead atoms. The van der Waals surface area contributed by atoms with Crippen molar-refractivity contribution in [3.05, 3.63) is 59.5 Å². The van der Waals surface area contributed by atoms with Gasteiger partial charge in [0.25, 0.3) is 5.91 Å². The maximum Gasteiger partial charge on any atom is 0.265 e. The Labute approximate surface area is 143 Å². The lowest BCUT2D eigenvalue weighted by atomic mass is 10.2. The van der Waals surface area contributed by atoms with E-state index < -0.39 is 0 Å². The molecule has 0 unspecified atom stereocenters. The van der Waals surface area contributed by atoms with Crippen molar-refractivity contribution < 1.29 is 14.3 Å². The maximum absolute atomic E-state index is 12.3. The predicted octanol–water partition coefficient (Wildman–Crippen LogP) is 3.74. The van der Waals surface area contributed by atoms with Gasteiger partial charge in [0.2, 0.25) is 5.91 Å². The van der Waals surface area contributed by atoms with E-state index >= 15 is 0 Å². The van der Waals surface area contributed by atoms with Crippen molar-refractivity contribution in [2.45, 2.75) is 0 Å². The van der Waals surface area contributed by atoms with Crippen LogP contribution in [0.1, 0.15) is 9.67 Å². The van der Waals surface area contributed by atoms with Crippen LogP contribution in [0.2, 0.25) is 0 Å². The van der Waals surface area contributed by atoms with Crippen LogP contribution >= 0.6 is 11.3 Å². The molecule has 0 atom stereocenters. The van der Waals surface area contributed by atoms with Crippen LogP contribution < -0.4 is 10.6 Å². The molecule has 1 heterocycles. The van der Waals surface area contributed by atoms with Gasteiger partial charge in [0.05, 0.1) is 4.88 Å². The minimum absolute atomic E-state index is 0.00439. The first-order valence-electron chi connectivity index (χ1n) is 7.34. The molecule has 3 aromatic rings. The summed E-state index contributed by atoms with van der Waals surface area (Å²) in [6.07, 6.45) is 0. The Morgan fingerprint density at radius 2 is 1.67 bits per heavy atom. The second-order valence-corrected chi connectivity index (χ2v) is 6.24. The molecule has 1 aromatic heterocycles. The normalized spacial score (nSPS) is 10.5. The highest BCUT2D eigenvalue weighted by atomic mass is 32.1. The summed E-state index contributed by atoms with van der Waals surface area (Å²) in [7, 11) is 1.46. The van der Waals surface area contributed by atoms with Crippen molar-refractivity contribution in [2.75, 3.05) is 24.4 Å². The topological polar surface area (TPSA) is 67.4 Å². The molecule has 122 valence electrons. The highest BCUT2D eigenvalue weighted by Crippen LogP contribution is 2.26. The van der Waals surface area contributed by atoms with E-state index in [1.807, 2.05) is 30.3 Å². The number of benzene rings is 2. The summed E-state index contributed by atoms with van der Waals surface area (Å²) >= 11 is 1.46. The quantitative estimate of drug-likeness (QED) is 0.743.